The number of aryl methyl sites for hydroxylation is 1. The molecular formula is C20H19FN4O3. The van der Waals surface area contributed by atoms with E-state index >= 15 is 0 Å². The van der Waals surface area contributed by atoms with Gasteiger partial charge in [0.2, 0.25) is 0 Å². The molecule has 2 aliphatic heterocycles. The zero-order valence-corrected chi connectivity index (χ0v) is 15.4. The molecule has 2 aromatic heterocycles. The number of aromatic nitrogens is 3. The molecule has 7 nitrogen and oxygen atoms in total. The number of amides is 1. The number of rotatable bonds is 2. The zero-order chi connectivity index (χ0) is 19.6. The standard InChI is InChI=1S/C20H19FN4O3/c1-11-16-15(19(27)25(22-11)9-12-4-6-13(21)7-5-12)18(26)17-20(28)23-8-2-3-14(23)10-24(16)17/h4-7,14,26H,2-3,8-10H2,1H3/t14-/m0/s1. The fraction of sp³-hybridized carbons (Fsp3) is 0.350. The molecule has 0 bridgehead atoms. The summed E-state index contributed by atoms with van der Waals surface area (Å²) in [6.07, 6.45) is 1.86. The van der Waals surface area contributed by atoms with Crippen LogP contribution in [0.25, 0.3) is 10.9 Å². The Morgan fingerprint density at radius 2 is 2.00 bits per heavy atom. The second-order valence-electron chi connectivity index (χ2n) is 7.50. The summed E-state index contributed by atoms with van der Waals surface area (Å²) < 4.78 is 16.1. The van der Waals surface area contributed by atoms with Gasteiger partial charge in [0.25, 0.3) is 11.5 Å². The smallest absolute Gasteiger partial charge is 0.280 e. The van der Waals surface area contributed by atoms with Gasteiger partial charge in [-0.3, -0.25) is 9.59 Å². The molecule has 1 fully saturated rings. The molecule has 144 valence electrons. The Bertz CT molecular complexity index is 1180. The molecular weight excluding hydrogens is 363 g/mol. The summed E-state index contributed by atoms with van der Waals surface area (Å²) in [7, 11) is 0. The van der Waals surface area contributed by atoms with E-state index in [9.17, 15) is 19.1 Å². The number of hydrogen-bond donors (Lipinski definition) is 1. The van der Waals surface area contributed by atoms with Gasteiger partial charge in [0.15, 0.2) is 11.4 Å². The summed E-state index contributed by atoms with van der Waals surface area (Å²) in [5.74, 6) is -0.854. The average Bonchev–Trinajstić information content (AvgIpc) is 3.25. The SMILES string of the molecule is Cc1nn(Cc2ccc(F)cc2)c(=O)c2c(O)c3n(c12)C[C@@H]1CCCN1C3=O. The van der Waals surface area contributed by atoms with E-state index in [1.807, 2.05) is 0 Å². The normalized spacial score (nSPS) is 18.6. The van der Waals surface area contributed by atoms with Gasteiger partial charge in [-0.25, -0.2) is 9.07 Å². The number of benzene rings is 1. The van der Waals surface area contributed by atoms with Crippen molar-refractivity contribution in [3.63, 3.8) is 0 Å². The molecule has 0 saturated carbocycles. The third-order valence-electron chi connectivity index (χ3n) is 5.78. The van der Waals surface area contributed by atoms with Crippen LogP contribution >= 0.6 is 0 Å². The van der Waals surface area contributed by atoms with Crippen LogP contribution in [0, 0.1) is 12.7 Å². The van der Waals surface area contributed by atoms with E-state index in [-0.39, 0.29) is 41.1 Å². The van der Waals surface area contributed by atoms with Gasteiger partial charge in [-0.1, -0.05) is 12.1 Å². The lowest BCUT2D eigenvalue weighted by Crippen LogP contribution is -2.43. The Morgan fingerprint density at radius 1 is 1.25 bits per heavy atom. The molecule has 0 aliphatic carbocycles. The van der Waals surface area contributed by atoms with Crippen LogP contribution in [0.4, 0.5) is 4.39 Å². The minimum absolute atomic E-state index is 0.0936. The third kappa shape index (κ3) is 2.30. The molecule has 8 heteroatoms. The average molecular weight is 382 g/mol. The molecule has 1 amide bonds. The van der Waals surface area contributed by atoms with Crippen molar-refractivity contribution in [2.24, 2.45) is 0 Å². The maximum absolute atomic E-state index is 13.1. The van der Waals surface area contributed by atoms with E-state index in [1.54, 1.807) is 28.5 Å². The van der Waals surface area contributed by atoms with Crippen LogP contribution in [0.5, 0.6) is 5.75 Å². The number of nitrogens with zero attached hydrogens (tertiary/aromatic N) is 4. The van der Waals surface area contributed by atoms with Gasteiger partial charge < -0.3 is 14.6 Å². The van der Waals surface area contributed by atoms with Crippen molar-refractivity contribution in [3.8, 4) is 5.75 Å². The molecule has 1 atom stereocenters. The maximum atomic E-state index is 13.1. The van der Waals surface area contributed by atoms with Gasteiger partial charge in [0.1, 0.15) is 11.2 Å². The number of carbonyl (C=O) groups excluding carboxylic acids is 1. The van der Waals surface area contributed by atoms with Gasteiger partial charge >= 0.3 is 0 Å². The predicted octanol–water partition coefficient (Wildman–Crippen LogP) is 2.02. The molecule has 1 aromatic carbocycles. The Balaban J connectivity index is 1.69. The van der Waals surface area contributed by atoms with Crippen LogP contribution in [-0.2, 0) is 13.1 Å². The monoisotopic (exact) mass is 382 g/mol. The van der Waals surface area contributed by atoms with Crippen molar-refractivity contribution in [3.05, 3.63) is 57.4 Å². The summed E-state index contributed by atoms with van der Waals surface area (Å²) in [4.78, 5) is 27.8. The van der Waals surface area contributed by atoms with Gasteiger partial charge in [-0.05, 0) is 37.5 Å². The number of hydrogen-bond acceptors (Lipinski definition) is 4. The number of aromatic hydroxyl groups is 1. The fourth-order valence-electron chi connectivity index (χ4n) is 4.50. The van der Waals surface area contributed by atoms with E-state index in [0.29, 0.717) is 24.3 Å². The van der Waals surface area contributed by atoms with Crippen LogP contribution in [0.1, 0.15) is 34.6 Å². The lowest BCUT2D eigenvalue weighted by molar-refractivity contribution is 0.0667. The molecule has 0 spiro atoms. The van der Waals surface area contributed by atoms with Gasteiger partial charge in [-0.2, -0.15) is 5.10 Å². The first kappa shape index (κ1) is 17.0. The minimum Gasteiger partial charge on any atom is -0.505 e. The van der Waals surface area contributed by atoms with Crippen LogP contribution in [-0.4, -0.2) is 42.8 Å². The van der Waals surface area contributed by atoms with E-state index in [4.69, 9.17) is 0 Å². The van der Waals surface area contributed by atoms with Crippen molar-refractivity contribution < 1.29 is 14.3 Å². The molecule has 5 rings (SSSR count). The summed E-state index contributed by atoms with van der Waals surface area (Å²) >= 11 is 0. The van der Waals surface area contributed by atoms with Crippen LogP contribution in [0.3, 0.4) is 0 Å². The van der Waals surface area contributed by atoms with Crippen LogP contribution < -0.4 is 5.56 Å². The number of carbonyl (C=O) groups is 1. The first-order valence-corrected chi connectivity index (χ1v) is 9.34. The quantitative estimate of drug-likeness (QED) is 0.735. The van der Waals surface area contributed by atoms with Crippen LogP contribution in [0.15, 0.2) is 29.1 Å². The Morgan fingerprint density at radius 3 is 2.75 bits per heavy atom. The number of fused-ring (bicyclic) bond motifs is 4. The second kappa shape index (κ2) is 5.92. The summed E-state index contributed by atoms with van der Waals surface area (Å²) in [5.41, 5.74) is 1.52. The highest BCUT2D eigenvalue weighted by Gasteiger charge is 2.40. The molecule has 28 heavy (non-hydrogen) atoms. The van der Waals surface area contributed by atoms with E-state index < -0.39 is 5.56 Å². The molecule has 3 aromatic rings. The lowest BCUT2D eigenvalue weighted by Gasteiger charge is -2.31. The molecule has 0 unspecified atom stereocenters. The Labute approximate surface area is 159 Å². The molecule has 4 heterocycles. The zero-order valence-electron chi connectivity index (χ0n) is 15.4. The molecule has 2 aliphatic rings. The molecule has 0 radical (unpaired) electrons. The highest BCUT2D eigenvalue weighted by Crippen LogP contribution is 2.37. The van der Waals surface area contributed by atoms with E-state index in [2.05, 4.69) is 5.10 Å². The first-order valence-electron chi connectivity index (χ1n) is 9.34. The van der Waals surface area contributed by atoms with Crippen molar-refractivity contribution in [2.45, 2.75) is 38.9 Å². The van der Waals surface area contributed by atoms with Crippen molar-refractivity contribution in [1.82, 2.24) is 19.2 Å². The summed E-state index contributed by atoms with van der Waals surface area (Å²) in [6.45, 7) is 3.15. The van der Waals surface area contributed by atoms with Crippen molar-refractivity contribution >= 4 is 16.8 Å². The van der Waals surface area contributed by atoms with Gasteiger partial charge in [0.05, 0.1) is 23.8 Å². The molecule has 1 N–H and O–H groups in total. The maximum Gasteiger partial charge on any atom is 0.280 e. The summed E-state index contributed by atoms with van der Waals surface area (Å²) in [5, 5.41) is 15.3. The molecule has 1 saturated heterocycles. The van der Waals surface area contributed by atoms with Crippen molar-refractivity contribution in [1.29, 1.82) is 0 Å². The highest BCUT2D eigenvalue weighted by molar-refractivity contribution is 6.05. The predicted molar refractivity (Wildman–Crippen MR) is 100.0 cm³/mol. The topological polar surface area (TPSA) is 80.4 Å². The van der Waals surface area contributed by atoms with Gasteiger partial charge in [-0.15, -0.1) is 0 Å². The second-order valence-corrected chi connectivity index (χ2v) is 7.50. The summed E-state index contributed by atoms with van der Waals surface area (Å²) in [6, 6.07) is 5.92. The van der Waals surface area contributed by atoms with Crippen LogP contribution in [0.2, 0.25) is 0 Å². The largest absolute Gasteiger partial charge is 0.505 e. The minimum atomic E-state index is -0.461. The lowest BCUT2D eigenvalue weighted by atomic mass is 10.1. The number of halogens is 1. The van der Waals surface area contributed by atoms with E-state index in [1.165, 1.54) is 16.8 Å². The fourth-order valence-corrected chi connectivity index (χ4v) is 4.50. The van der Waals surface area contributed by atoms with Crippen molar-refractivity contribution in [2.75, 3.05) is 6.54 Å². The van der Waals surface area contributed by atoms with E-state index in [0.717, 1.165) is 18.4 Å². The highest BCUT2D eigenvalue weighted by atomic mass is 19.1. The Kier molecular flexibility index (Phi) is 3.59. The first-order chi connectivity index (χ1) is 13.5. The third-order valence-corrected chi connectivity index (χ3v) is 5.78. The Hall–Kier alpha value is -3.16. The van der Waals surface area contributed by atoms with Gasteiger partial charge in [0, 0.05) is 13.1 Å².